The molecule has 21 heavy (non-hydrogen) atoms. The van der Waals surface area contributed by atoms with Crippen LogP contribution < -0.4 is 10.1 Å². The summed E-state index contributed by atoms with van der Waals surface area (Å²) in [6.45, 7) is 5.27. The van der Waals surface area contributed by atoms with E-state index in [-0.39, 0.29) is 11.4 Å². The molecule has 0 unspecified atom stereocenters. The Morgan fingerprint density at radius 3 is 2.57 bits per heavy atom. The first kappa shape index (κ1) is 15.1. The van der Waals surface area contributed by atoms with Crippen LogP contribution in [0.25, 0.3) is 5.65 Å². The first-order valence-electron chi connectivity index (χ1n) is 6.11. The molecule has 0 aromatic carbocycles. The van der Waals surface area contributed by atoms with Gasteiger partial charge in [-0.1, -0.05) is 0 Å². The molecule has 2 aromatic rings. The molecular weight excluding hydrogens is 287 g/mol. The molecule has 0 atom stereocenters. The van der Waals surface area contributed by atoms with Crippen LogP contribution >= 0.6 is 0 Å². The second-order valence-electron chi connectivity index (χ2n) is 5.49. The fourth-order valence-corrected chi connectivity index (χ4v) is 1.64. The third-order valence-corrected chi connectivity index (χ3v) is 2.42. The number of halogens is 3. The Bertz CT molecular complexity index is 671. The SMILES string of the molecule is CC(C)(C)NC(=O)Oc1cccn2cc(C(F)(F)F)nc12. The molecule has 0 bridgehead atoms. The van der Waals surface area contributed by atoms with E-state index in [1.807, 2.05) is 0 Å². The Morgan fingerprint density at radius 1 is 1.33 bits per heavy atom. The van der Waals surface area contributed by atoms with Crippen LogP contribution in [-0.4, -0.2) is 21.0 Å². The molecule has 0 aliphatic heterocycles. The van der Waals surface area contributed by atoms with Crippen LogP contribution in [0.3, 0.4) is 0 Å². The number of hydrogen-bond acceptors (Lipinski definition) is 3. The van der Waals surface area contributed by atoms with Gasteiger partial charge in [0.25, 0.3) is 0 Å². The van der Waals surface area contributed by atoms with Crippen LogP contribution in [0.2, 0.25) is 0 Å². The van der Waals surface area contributed by atoms with Gasteiger partial charge in [-0.25, -0.2) is 9.78 Å². The van der Waals surface area contributed by atoms with Gasteiger partial charge in [-0.2, -0.15) is 13.2 Å². The van der Waals surface area contributed by atoms with Crippen LogP contribution in [0.1, 0.15) is 26.5 Å². The lowest BCUT2D eigenvalue weighted by molar-refractivity contribution is -0.140. The van der Waals surface area contributed by atoms with Crippen LogP contribution in [0.15, 0.2) is 24.5 Å². The molecule has 1 N–H and O–H groups in total. The monoisotopic (exact) mass is 301 g/mol. The lowest BCUT2D eigenvalue weighted by Gasteiger charge is -2.19. The zero-order chi connectivity index (χ0) is 15.8. The van der Waals surface area contributed by atoms with Crippen molar-refractivity contribution in [1.29, 1.82) is 0 Å². The Labute approximate surface area is 118 Å². The maximum atomic E-state index is 12.6. The fraction of sp³-hybridized carbons (Fsp3) is 0.385. The van der Waals surface area contributed by atoms with E-state index in [0.717, 1.165) is 10.6 Å². The second-order valence-corrected chi connectivity index (χ2v) is 5.49. The van der Waals surface area contributed by atoms with Gasteiger partial charge in [-0.3, -0.25) is 0 Å². The maximum absolute atomic E-state index is 12.6. The van der Waals surface area contributed by atoms with Crippen molar-refractivity contribution in [3.05, 3.63) is 30.2 Å². The quantitative estimate of drug-likeness (QED) is 0.879. The average molecular weight is 301 g/mol. The standard InChI is InChI=1S/C13H14F3N3O2/c1-12(2,3)18-11(20)21-8-5-4-6-19-7-9(13(14,15)16)17-10(8)19/h4-7H,1-3H3,(H,18,20). The zero-order valence-corrected chi connectivity index (χ0v) is 11.7. The molecule has 0 aliphatic carbocycles. The van der Waals surface area contributed by atoms with Crippen LogP contribution in [0, 0.1) is 0 Å². The van der Waals surface area contributed by atoms with Gasteiger partial charge in [0.05, 0.1) is 0 Å². The molecule has 1 amide bonds. The summed E-state index contributed by atoms with van der Waals surface area (Å²) in [7, 11) is 0. The summed E-state index contributed by atoms with van der Waals surface area (Å²) in [4.78, 5) is 15.1. The minimum absolute atomic E-state index is 0.0465. The van der Waals surface area contributed by atoms with Crippen molar-refractivity contribution in [2.24, 2.45) is 0 Å². The van der Waals surface area contributed by atoms with Gasteiger partial charge in [0.15, 0.2) is 17.1 Å². The summed E-state index contributed by atoms with van der Waals surface area (Å²) in [5.74, 6) is -0.0465. The number of rotatable bonds is 1. The number of carbonyl (C=O) groups is 1. The minimum atomic E-state index is -4.56. The lowest BCUT2D eigenvalue weighted by Crippen LogP contribution is -2.42. The molecule has 8 heteroatoms. The molecular formula is C13H14F3N3O2. The molecule has 0 saturated carbocycles. The fourth-order valence-electron chi connectivity index (χ4n) is 1.64. The van der Waals surface area contributed by atoms with Crippen LogP contribution in [0.4, 0.5) is 18.0 Å². The van der Waals surface area contributed by atoms with E-state index < -0.39 is 23.5 Å². The topological polar surface area (TPSA) is 55.6 Å². The van der Waals surface area contributed by atoms with E-state index in [4.69, 9.17) is 4.74 Å². The average Bonchev–Trinajstić information content (AvgIpc) is 2.70. The molecule has 5 nitrogen and oxygen atoms in total. The van der Waals surface area contributed by atoms with Gasteiger partial charge in [0.1, 0.15) is 0 Å². The molecule has 0 aliphatic rings. The van der Waals surface area contributed by atoms with Crippen LogP contribution in [0.5, 0.6) is 5.75 Å². The summed E-state index contributed by atoms with van der Waals surface area (Å²) in [5.41, 5.74) is -1.64. The Hall–Kier alpha value is -2.25. The number of hydrogen-bond donors (Lipinski definition) is 1. The number of fused-ring (bicyclic) bond motifs is 1. The molecule has 0 radical (unpaired) electrons. The van der Waals surface area contributed by atoms with Crippen molar-refractivity contribution in [2.45, 2.75) is 32.5 Å². The highest BCUT2D eigenvalue weighted by atomic mass is 19.4. The Morgan fingerprint density at radius 2 is 2.00 bits per heavy atom. The van der Waals surface area contributed by atoms with Crippen molar-refractivity contribution in [1.82, 2.24) is 14.7 Å². The molecule has 2 rings (SSSR count). The Balaban J connectivity index is 2.32. The van der Waals surface area contributed by atoms with E-state index in [9.17, 15) is 18.0 Å². The first-order chi connectivity index (χ1) is 9.56. The number of pyridine rings is 1. The predicted molar refractivity (Wildman–Crippen MR) is 69.1 cm³/mol. The van der Waals surface area contributed by atoms with Gasteiger partial charge in [0, 0.05) is 17.9 Å². The molecule has 2 aromatic heterocycles. The highest BCUT2D eigenvalue weighted by Crippen LogP contribution is 2.30. The predicted octanol–water partition coefficient (Wildman–Crippen LogP) is 3.24. The molecule has 114 valence electrons. The summed E-state index contributed by atoms with van der Waals surface area (Å²) >= 11 is 0. The third kappa shape index (κ3) is 3.65. The lowest BCUT2D eigenvalue weighted by atomic mass is 10.1. The number of ether oxygens (including phenoxy) is 1. The third-order valence-electron chi connectivity index (χ3n) is 2.42. The van der Waals surface area contributed by atoms with Crippen molar-refractivity contribution >= 4 is 11.7 Å². The maximum Gasteiger partial charge on any atom is 0.434 e. The number of nitrogens with one attached hydrogen (secondary N) is 1. The number of amides is 1. The smallest absolute Gasteiger partial charge is 0.406 e. The molecule has 0 spiro atoms. The van der Waals surface area contributed by atoms with Crippen molar-refractivity contribution in [3.8, 4) is 5.75 Å². The summed E-state index contributed by atoms with van der Waals surface area (Å²) in [6.07, 6.45) is -3.08. The first-order valence-corrected chi connectivity index (χ1v) is 6.11. The van der Waals surface area contributed by atoms with E-state index in [1.54, 1.807) is 20.8 Å². The number of alkyl halides is 3. The van der Waals surface area contributed by atoms with Crippen molar-refractivity contribution < 1.29 is 22.7 Å². The number of aromatic nitrogens is 2. The van der Waals surface area contributed by atoms with E-state index in [2.05, 4.69) is 10.3 Å². The van der Waals surface area contributed by atoms with Gasteiger partial charge in [0.2, 0.25) is 0 Å². The zero-order valence-electron chi connectivity index (χ0n) is 11.7. The normalized spacial score (nSPS) is 12.5. The summed E-state index contributed by atoms with van der Waals surface area (Å²) < 4.78 is 44.1. The Kier molecular flexibility index (Phi) is 3.56. The number of imidazole rings is 1. The van der Waals surface area contributed by atoms with Gasteiger partial charge in [-0.05, 0) is 32.9 Å². The van der Waals surface area contributed by atoms with E-state index in [0.29, 0.717) is 0 Å². The van der Waals surface area contributed by atoms with Crippen molar-refractivity contribution in [3.63, 3.8) is 0 Å². The number of nitrogens with zero attached hydrogens (tertiary/aromatic N) is 2. The number of carbonyl (C=O) groups excluding carboxylic acids is 1. The van der Waals surface area contributed by atoms with Crippen LogP contribution in [-0.2, 0) is 6.18 Å². The van der Waals surface area contributed by atoms with Gasteiger partial charge < -0.3 is 14.5 Å². The van der Waals surface area contributed by atoms with Crippen molar-refractivity contribution in [2.75, 3.05) is 0 Å². The molecule has 2 heterocycles. The second kappa shape index (κ2) is 4.94. The van der Waals surface area contributed by atoms with E-state index in [1.165, 1.54) is 18.3 Å². The largest absolute Gasteiger partial charge is 0.434 e. The van der Waals surface area contributed by atoms with Gasteiger partial charge in [-0.15, -0.1) is 0 Å². The molecule has 0 saturated heterocycles. The highest BCUT2D eigenvalue weighted by molar-refractivity contribution is 5.73. The summed E-state index contributed by atoms with van der Waals surface area (Å²) in [5, 5.41) is 2.55. The van der Waals surface area contributed by atoms with Gasteiger partial charge >= 0.3 is 12.3 Å². The van der Waals surface area contributed by atoms with E-state index >= 15 is 0 Å². The highest BCUT2D eigenvalue weighted by Gasteiger charge is 2.34. The minimum Gasteiger partial charge on any atom is -0.406 e. The summed E-state index contributed by atoms with van der Waals surface area (Å²) in [6, 6.07) is 2.85. The molecule has 0 fully saturated rings.